The van der Waals surface area contributed by atoms with E-state index in [4.69, 9.17) is 10.5 Å². The van der Waals surface area contributed by atoms with Crippen molar-refractivity contribution in [1.82, 2.24) is 10.3 Å². The van der Waals surface area contributed by atoms with Crippen molar-refractivity contribution in [3.63, 3.8) is 0 Å². The average Bonchev–Trinajstić information content (AvgIpc) is 3.11. The van der Waals surface area contributed by atoms with E-state index in [1.54, 1.807) is 0 Å². The number of Topliss-reactive ketones (excluding diaryl/α,β-unsaturated/α-hetero) is 1. The van der Waals surface area contributed by atoms with Crippen LogP contribution in [0.25, 0.3) is 10.2 Å². The van der Waals surface area contributed by atoms with E-state index in [9.17, 15) is 9.59 Å². The van der Waals surface area contributed by atoms with Crippen LogP contribution in [0.5, 0.6) is 0 Å². The van der Waals surface area contributed by atoms with Crippen molar-refractivity contribution >= 4 is 33.2 Å². The summed E-state index contributed by atoms with van der Waals surface area (Å²) in [6, 6.07) is 7.08. The standard InChI is InChI=1S/C19H25N3O3S/c20-11-5-3-8-14(21-18(24)15-9-4-6-12-25-15)17(23)19-22-13-7-1-2-10-16(13)26-19/h1-2,7,10,14-15H,3-6,8-9,11-12,20H2,(H,21,24). The molecule has 26 heavy (non-hydrogen) atoms. The summed E-state index contributed by atoms with van der Waals surface area (Å²) < 4.78 is 6.51. The molecule has 2 unspecified atom stereocenters. The van der Waals surface area contributed by atoms with Crippen molar-refractivity contribution < 1.29 is 14.3 Å². The van der Waals surface area contributed by atoms with Crippen molar-refractivity contribution in [1.29, 1.82) is 0 Å². The van der Waals surface area contributed by atoms with Crippen LogP contribution < -0.4 is 11.1 Å². The van der Waals surface area contributed by atoms with Crippen LogP contribution in [-0.2, 0) is 9.53 Å². The molecule has 0 radical (unpaired) electrons. The fourth-order valence-electron chi connectivity index (χ4n) is 3.10. The molecule has 140 valence electrons. The minimum atomic E-state index is -0.583. The highest BCUT2D eigenvalue weighted by atomic mass is 32.1. The molecule has 3 N–H and O–H groups in total. The number of nitrogens with one attached hydrogen (secondary N) is 1. The lowest BCUT2D eigenvalue weighted by molar-refractivity contribution is -0.136. The van der Waals surface area contributed by atoms with Gasteiger partial charge in [0.05, 0.1) is 16.3 Å². The van der Waals surface area contributed by atoms with E-state index >= 15 is 0 Å². The number of fused-ring (bicyclic) bond motifs is 1. The van der Waals surface area contributed by atoms with Crippen LogP contribution >= 0.6 is 11.3 Å². The van der Waals surface area contributed by atoms with Gasteiger partial charge < -0.3 is 15.8 Å². The Morgan fingerprint density at radius 2 is 2.15 bits per heavy atom. The highest BCUT2D eigenvalue weighted by molar-refractivity contribution is 7.20. The van der Waals surface area contributed by atoms with E-state index in [-0.39, 0.29) is 11.7 Å². The van der Waals surface area contributed by atoms with Crippen LogP contribution in [0.15, 0.2) is 24.3 Å². The Hall–Kier alpha value is -1.83. The highest BCUT2D eigenvalue weighted by Crippen LogP contribution is 2.23. The quantitative estimate of drug-likeness (QED) is 0.546. The first-order chi connectivity index (χ1) is 12.7. The number of rotatable bonds is 8. The number of carbonyl (C=O) groups excluding carboxylic acids is 2. The van der Waals surface area contributed by atoms with Gasteiger partial charge in [-0.15, -0.1) is 11.3 Å². The molecule has 1 aliphatic heterocycles. The second-order valence-corrected chi connectivity index (χ2v) is 7.58. The molecule has 2 aromatic rings. The normalized spacial score (nSPS) is 18.6. The maximum atomic E-state index is 13.0. The first-order valence-electron chi connectivity index (χ1n) is 9.21. The number of amides is 1. The Morgan fingerprint density at radius 1 is 1.31 bits per heavy atom. The maximum absolute atomic E-state index is 13.0. The summed E-state index contributed by atoms with van der Waals surface area (Å²) in [5.74, 6) is -0.329. The smallest absolute Gasteiger partial charge is 0.249 e. The topological polar surface area (TPSA) is 94.3 Å². The van der Waals surface area contributed by atoms with E-state index in [0.29, 0.717) is 31.0 Å². The molecule has 2 atom stereocenters. The molecule has 1 fully saturated rings. The van der Waals surface area contributed by atoms with Crippen molar-refractivity contribution in [2.75, 3.05) is 13.2 Å². The Bertz CT molecular complexity index is 722. The van der Waals surface area contributed by atoms with Crippen LogP contribution in [0.4, 0.5) is 0 Å². The molecule has 1 saturated heterocycles. The Morgan fingerprint density at radius 3 is 2.88 bits per heavy atom. The van der Waals surface area contributed by atoms with Crippen LogP contribution in [0.3, 0.4) is 0 Å². The van der Waals surface area contributed by atoms with E-state index in [1.807, 2.05) is 24.3 Å². The number of hydrogen-bond donors (Lipinski definition) is 2. The predicted molar refractivity (Wildman–Crippen MR) is 102 cm³/mol. The molecule has 1 amide bonds. The molecule has 6 nitrogen and oxygen atoms in total. The number of hydrogen-bond acceptors (Lipinski definition) is 6. The summed E-state index contributed by atoms with van der Waals surface area (Å²) in [7, 11) is 0. The molecular weight excluding hydrogens is 350 g/mol. The molecule has 0 saturated carbocycles. The predicted octanol–water partition coefficient (Wildman–Crippen LogP) is 2.66. The van der Waals surface area contributed by atoms with Gasteiger partial charge in [-0.3, -0.25) is 9.59 Å². The lowest BCUT2D eigenvalue weighted by Gasteiger charge is -2.24. The van der Waals surface area contributed by atoms with E-state index in [0.717, 1.165) is 35.9 Å². The molecular formula is C19H25N3O3S. The number of ether oxygens (including phenoxy) is 1. The first-order valence-corrected chi connectivity index (χ1v) is 10.0. The Labute approximate surface area is 157 Å². The molecule has 1 aromatic heterocycles. The zero-order chi connectivity index (χ0) is 18.4. The van der Waals surface area contributed by atoms with E-state index in [2.05, 4.69) is 10.3 Å². The van der Waals surface area contributed by atoms with Crippen molar-refractivity contribution in [3.8, 4) is 0 Å². The average molecular weight is 375 g/mol. The van der Waals surface area contributed by atoms with Gasteiger partial charge in [-0.25, -0.2) is 4.98 Å². The first kappa shape index (κ1) is 18.9. The number of aromatic nitrogens is 1. The minimum absolute atomic E-state index is 0.132. The Balaban J connectivity index is 1.73. The van der Waals surface area contributed by atoms with Gasteiger partial charge in [0.15, 0.2) is 5.01 Å². The second kappa shape index (κ2) is 9.21. The fourth-order valence-corrected chi connectivity index (χ4v) is 4.06. The molecule has 2 heterocycles. The molecule has 7 heteroatoms. The minimum Gasteiger partial charge on any atom is -0.368 e. The third-order valence-corrected chi connectivity index (χ3v) is 5.61. The van der Waals surface area contributed by atoms with Crippen LogP contribution in [-0.4, -0.2) is 42.0 Å². The molecule has 0 spiro atoms. The van der Waals surface area contributed by atoms with Crippen molar-refractivity contribution in [2.45, 2.75) is 50.7 Å². The third-order valence-electron chi connectivity index (χ3n) is 4.56. The monoisotopic (exact) mass is 375 g/mol. The molecule has 0 bridgehead atoms. The zero-order valence-electron chi connectivity index (χ0n) is 14.8. The van der Waals surface area contributed by atoms with Crippen LogP contribution in [0, 0.1) is 0 Å². The number of nitrogens with zero attached hydrogens (tertiary/aromatic N) is 1. The number of thiazole rings is 1. The van der Waals surface area contributed by atoms with Gasteiger partial charge in [0.2, 0.25) is 11.7 Å². The third kappa shape index (κ3) is 4.66. The van der Waals surface area contributed by atoms with Gasteiger partial charge in [-0.1, -0.05) is 12.1 Å². The Kier molecular flexibility index (Phi) is 6.71. The van der Waals surface area contributed by atoms with Crippen LogP contribution in [0.1, 0.15) is 48.3 Å². The number of nitrogens with two attached hydrogens (primary N) is 1. The van der Waals surface area contributed by atoms with Gasteiger partial charge in [-0.05, 0) is 57.2 Å². The lowest BCUT2D eigenvalue weighted by atomic mass is 10.0. The number of para-hydroxylation sites is 1. The lowest BCUT2D eigenvalue weighted by Crippen LogP contribution is -2.47. The largest absolute Gasteiger partial charge is 0.368 e. The van der Waals surface area contributed by atoms with Gasteiger partial charge in [0, 0.05) is 6.61 Å². The van der Waals surface area contributed by atoms with Crippen molar-refractivity contribution in [3.05, 3.63) is 29.3 Å². The summed E-state index contributed by atoms with van der Waals surface area (Å²) in [5.41, 5.74) is 6.38. The number of carbonyl (C=O) groups is 2. The number of benzene rings is 1. The summed E-state index contributed by atoms with van der Waals surface area (Å²) in [4.78, 5) is 30.0. The second-order valence-electron chi connectivity index (χ2n) is 6.55. The van der Waals surface area contributed by atoms with Crippen LogP contribution in [0.2, 0.25) is 0 Å². The molecule has 3 rings (SSSR count). The number of ketones is 1. The van der Waals surface area contributed by atoms with Crippen molar-refractivity contribution in [2.24, 2.45) is 5.73 Å². The summed E-state index contributed by atoms with van der Waals surface area (Å²) in [5, 5.41) is 3.34. The van der Waals surface area contributed by atoms with E-state index < -0.39 is 12.1 Å². The molecule has 1 aromatic carbocycles. The fraction of sp³-hybridized carbons (Fsp3) is 0.526. The summed E-state index contributed by atoms with van der Waals surface area (Å²) in [6.07, 6.45) is 4.36. The molecule has 0 aliphatic carbocycles. The highest BCUT2D eigenvalue weighted by Gasteiger charge is 2.29. The van der Waals surface area contributed by atoms with Gasteiger partial charge >= 0.3 is 0 Å². The van der Waals surface area contributed by atoms with Gasteiger partial charge in [-0.2, -0.15) is 0 Å². The number of unbranched alkanes of at least 4 members (excludes halogenated alkanes) is 1. The molecule has 1 aliphatic rings. The van der Waals surface area contributed by atoms with Gasteiger partial charge in [0.25, 0.3) is 0 Å². The summed E-state index contributed by atoms with van der Waals surface area (Å²) in [6.45, 7) is 1.17. The SMILES string of the molecule is NCCCCC(NC(=O)C1CCCCO1)C(=O)c1nc2ccccc2s1. The zero-order valence-corrected chi connectivity index (χ0v) is 15.6. The summed E-state index contributed by atoms with van der Waals surface area (Å²) >= 11 is 1.37. The maximum Gasteiger partial charge on any atom is 0.249 e. The van der Waals surface area contributed by atoms with Gasteiger partial charge in [0.1, 0.15) is 6.10 Å². The van der Waals surface area contributed by atoms with E-state index in [1.165, 1.54) is 11.3 Å².